The maximum absolute atomic E-state index is 14.3. The van der Waals surface area contributed by atoms with Crippen molar-refractivity contribution in [1.82, 2.24) is 10.6 Å². The van der Waals surface area contributed by atoms with E-state index in [2.05, 4.69) is 17.6 Å². The third-order valence-corrected chi connectivity index (χ3v) is 14.5. The second kappa shape index (κ2) is 23.0. The van der Waals surface area contributed by atoms with Crippen LogP contribution in [0, 0.1) is 0 Å². The van der Waals surface area contributed by atoms with Gasteiger partial charge < -0.3 is 54.7 Å². The minimum Gasteiger partial charge on any atom is -0.507 e. The van der Waals surface area contributed by atoms with E-state index in [1.807, 2.05) is 48.5 Å². The molecule has 17 nitrogen and oxygen atoms in total. The molecule has 1 saturated heterocycles. The lowest BCUT2D eigenvalue weighted by Crippen LogP contribution is -2.56. The van der Waals surface area contributed by atoms with Gasteiger partial charge in [-0.1, -0.05) is 113 Å². The Kier molecular flexibility index (Phi) is 16.6. The van der Waals surface area contributed by atoms with Crippen LogP contribution in [0.2, 0.25) is 0 Å². The Morgan fingerprint density at radius 1 is 0.781 bits per heavy atom. The van der Waals surface area contributed by atoms with E-state index in [0.29, 0.717) is 6.54 Å². The zero-order valence-electron chi connectivity index (χ0n) is 41.4. The third kappa shape index (κ3) is 11.1. The van der Waals surface area contributed by atoms with Crippen LogP contribution in [0.15, 0.2) is 66.7 Å². The van der Waals surface area contributed by atoms with E-state index in [1.165, 1.54) is 57.9 Å². The molecule has 8 rings (SSSR count). The number of phenols is 2. The number of alkyl carbamates (subject to hydrolysis) is 1. The van der Waals surface area contributed by atoms with E-state index in [1.54, 1.807) is 0 Å². The lowest BCUT2D eigenvalue weighted by atomic mass is 9.72. The second-order valence-corrected chi connectivity index (χ2v) is 19.4. The highest BCUT2D eigenvalue weighted by molar-refractivity contribution is 6.31. The minimum atomic E-state index is -2.48. The number of hydrogen-bond donors (Lipinski definition) is 6. The van der Waals surface area contributed by atoms with Crippen molar-refractivity contribution in [3.8, 4) is 28.4 Å². The lowest BCUT2D eigenvalue weighted by Gasteiger charge is -2.42. The molecule has 6 atom stereocenters. The Morgan fingerprint density at radius 3 is 2.11 bits per heavy atom. The molecule has 0 bridgehead atoms. The number of amides is 2. The Hall–Kier alpha value is -6.66. The number of ether oxygens (including phenoxy) is 5. The van der Waals surface area contributed by atoms with Crippen molar-refractivity contribution in [2.75, 3.05) is 26.9 Å². The summed E-state index contributed by atoms with van der Waals surface area (Å²) < 4.78 is 28.9. The molecule has 4 aromatic rings. The van der Waals surface area contributed by atoms with Gasteiger partial charge in [0, 0.05) is 54.8 Å². The van der Waals surface area contributed by atoms with E-state index in [9.17, 15) is 49.2 Å². The molecule has 2 amide bonds. The highest BCUT2D eigenvalue weighted by Gasteiger charge is 2.51. The Bertz CT molecular complexity index is 2710. The van der Waals surface area contributed by atoms with Gasteiger partial charge in [-0.3, -0.25) is 24.0 Å². The number of nitrogens with one attached hydrogen (secondary N) is 2. The van der Waals surface area contributed by atoms with Gasteiger partial charge in [-0.05, 0) is 41.7 Å². The average molecular weight is 1010 g/mol. The number of aliphatic hydroxyl groups excluding tert-OH is 1. The number of aromatic hydroxyl groups is 2. The van der Waals surface area contributed by atoms with Crippen LogP contribution in [0.4, 0.5) is 4.79 Å². The summed E-state index contributed by atoms with van der Waals surface area (Å²) in [4.78, 5) is 81.2. The topological polar surface area (TPSA) is 254 Å². The molecule has 0 radical (unpaired) electrons. The largest absolute Gasteiger partial charge is 0.507 e. The summed E-state index contributed by atoms with van der Waals surface area (Å²) in [6.07, 6.45) is 0.739. The van der Waals surface area contributed by atoms with Crippen molar-refractivity contribution >= 4 is 35.3 Å². The number of rotatable bonds is 21. The zero-order valence-corrected chi connectivity index (χ0v) is 41.4. The van der Waals surface area contributed by atoms with Crippen LogP contribution in [0.1, 0.15) is 157 Å². The first-order valence-electron chi connectivity index (χ1n) is 25.3. The predicted molar refractivity (Wildman–Crippen MR) is 264 cm³/mol. The lowest BCUT2D eigenvalue weighted by molar-refractivity contribution is -0.249. The van der Waals surface area contributed by atoms with Gasteiger partial charge in [-0.25, -0.2) is 4.79 Å². The van der Waals surface area contributed by atoms with Crippen molar-refractivity contribution < 1.29 is 72.9 Å². The van der Waals surface area contributed by atoms with Crippen LogP contribution in [0.25, 0.3) is 11.1 Å². The first-order valence-corrected chi connectivity index (χ1v) is 25.3. The molecule has 6 N–H and O–H groups in total. The number of methoxy groups -OCH3 is 1. The number of hydrogen-bond acceptors (Lipinski definition) is 15. The van der Waals surface area contributed by atoms with Gasteiger partial charge in [-0.2, -0.15) is 0 Å². The smallest absolute Gasteiger partial charge is 0.407 e. The molecule has 17 heteroatoms. The summed E-state index contributed by atoms with van der Waals surface area (Å²) in [5.41, 5.74) is -0.310. The number of fused-ring (bicyclic) bond motifs is 6. The highest BCUT2D eigenvalue weighted by atomic mass is 16.7. The molecular formula is C56H64N2O15. The molecule has 1 aliphatic heterocycles. The average Bonchev–Trinajstić information content (AvgIpc) is 3.70. The van der Waals surface area contributed by atoms with Gasteiger partial charge >= 0.3 is 12.1 Å². The molecule has 4 aliphatic rings. The first kappa shape index (κ1) is 52.7. The van der Waals surface area contributed by atoms with Crippen molar-refractivity contribution in [3.63, 3.8) is 0 Å². The van der Waals surface area contributed by atoms with Gasteiger partial charge in [0.15, 0.2) is 18.7 Å². The molecular weight excluding hydrogens is 941 g/mol. The summed E-state index contributed by atoms with van der Waals surface area (Å²) in [7, 11) is 1.31. The van der Waals surface area contributed by atoms with Crippen molar-refractivity contribution in [1.29, 1.82) is 0 Å². The van der Waals surface area contributed by atoms with Crippen LogP contribution in [0.3, 0.4) is 0 Å². The highest BCUT2D eigenvalue weighted by Crippen LogP contribution is 2.53. The molecule has 4 aromatic carbocycles. The summed E-state index contributed by atoms with van der Waals surface area (Å²) in [6.45, 7) is 3.22. The number of ketones is 3. The van der Waals surface area contributed by atoms with Crippen molar-refractivity contribution in [2.45, 2.75) is 139 Å². The van der Waals surface area contributed by atoms with Crippen LogP contribution >= 0.6 is 0 Å². The SMILES string of the molecule is CCCCCCCCCCNC(=O)CCC(=O)OCC(=O)[C@]1(O)Cc2c(O)c3c(c(O)c2[C@@H](O[C@H]2C[C@H](NC(=O)OCC4c5ccccc5-c5ccccc54)[C@H](O)[C@H](C)O2)C1)C(=O)c1c(OC)cccc1C3=O. The van der Waals surface area contributed by atoms with E-state index in [4.69, 9.17) is 23.7 Å². The number of Topliss-reactive ketones (excluding diaryl/α,β-unsaturated/α-hetero) is 1. The van der Waals surface area contributed by atoms with Gasteiger partial charge in [-0.15, -0.1) is 0 Å². The van der Waals surface area contributed by atoms with Crippen LogP contribution in [0.5, 0.6) is 17.2 Å². The van der Waals surface area contributed by atoms with Crippen LogP contribution < -0.4 is 15.4 Å². The maximum Gasteiger partial charge on any atom is 0.407 e. The predicted octanol–water partition coefficient (Wildman–Crippen LogP) is 7.17. The van der Waals surface area contributed by atoms with Crippen molar-refractivity contribution in [2.24, 2.45) is 0 Å². The molecule has 0 aromatic heterocycles. The number of benzene rings is 4. The van der Waals surface area contributed by atoms with E-state index < -0.39 is 108 Å². The molecule has 0 saturated carbocycles. The quantitative estimate of drug-likeness (QED) is 0.0242. The molecule has 1 fully saturated rings. The number of esters is 1. The third-order valence-electron chi connectivity index (χ3n) is 14.5. The number of phenolic OH excluding ortho intramolecular Hbond substituents is 2. The molecule has 388 valence electrons. The first-order chi connectivity index (χ1) is 35.1. The standard InChI is InChI=1S/C56H64N2O15/c1-4-5-6-7-8-9-10-15-25-57-43(60)23-24-44(61)70-30-42(59)56(68)27-37-47(54(66)49-48(52(37)64)51(63)36-21-16-22-40(69-3)46(36)53(49)65)41(28-56)73-45-26-39(50(62)31(2)72-45)58-55(67)71-29-38-34-19-13-11-17-32(34)33-18-12-14-20-35(33)38/h11-14,16-22,31,38-39,41,45,50,62,64,66,68H,4-10,15,23-30H2,1-3H3,(H,57,60)(H,58,67)/t31-,39-,41-,45-,50+,56-/m0/s1. The summed E-state index contributed by atoms with van der Waals surface area (Å²) in [6, 6.07) is 19.0. The molecule has 3 aliphatic carbocycles. The number of carbonyl (C=O) groups is 6. The molecule has 0 unspecified atom stereocenters. The Balaban J connectivity index is 0.975. The zero-order chi connectivity index (χ0) is 52.0. The van der Waals surface area contributed by atoms with Crippen LogP contribution in [-0.4, -0.2) is 113 Å². The van der Waals surface area contributed by atoms with E-state index >= 15 is 0 Å². The molecule has 0 spiro atoms. The van der Waals surface area contributed by atoms with E-state index in [0.717, 1.165) is 47.9 Å². The number of aliphatic hydroxyl groups is 2. The maximum atomic E-state index is 14.3. The van der Waals surface area contributed by atoms with E-state index in [-0.39, 0.29) is 65.7 Å². The van der Waals surface area contributed by atoms with Gasteiger partial charge in [0.2, 0.25) is 17.5 Å². The number of unbranched alkanes of at least 4 members (excludes halogenated alkanes) is 7. The van der Waals surface area contributed by atoms with Gasteiger partial charge in [0.05, 0.1) is 48.5 Å². The fraction of sp³-hybridized carbons (Fsp3) is 0.464. The normalized spacial score (nSPS) is 21.7. The van der Waals surface area contributed by atoms with Gasteiger partial charge in [0.1, 0.15) is 35.6 Å². The number of carbonyl (C=O) groups excluding carboxylic acids is 6. The van der Waals surface area contributed by atoms with Gasteiger partial charge in [0.25, 0.3) is 0 Å². The summed E-state index contributed by atoms with van der Waals surface area (Å²) in [5, 5.41) is 53.1. The minimum absolute atomic E-state index is 0.00512. The Labute approximate surface area is 423 Å². The monoisotopic (exact) mass is 1000 g/mol. The molecule has 1 heterocycles. The summed E-state index contributed by atoms with van der Waals surface area (Å²) >= 11 is 0. The second-order valence-electron chi connectivity index (χ2n) is 19.4. The van der Waals surface area contributed by atoms with Crippen LogP contribution in [-0.2, 0) is 39.8 Å². The van der Waals surface area contributed by atoms with Crippen molar-refractivity contribution in [3.05, 3.63) is 111 Å². The summed E-state index contributed by atoms with van der Waals surface area (Å²) in [5.74, 6) is -5.72. The fourth-order valence-electron chi connectivity index (χ4n) is 10.6. The molecule has 73 heavy (non-hydrogen) atoms. The fourth-order valence-corrected chi connectivity index (χ4v) is 10.6. The Morgan fingerprint density at radius 2 is 1.42 bits per heavy atom.